The quantitative estimate of drug-likeness (QED) is 0.538. The highest BCUT2D eigenvalue weighted by atomic mass is 31.1. The summed E-state index contributed by atoms with van der Waals surface area (Å²) in [7, 11) is 0.769. The number of carbonyl (C=O) groups excluding carboxylic acids is 1. The zero-order chi connectivity index (χ0) is 14.9. The predicted molar refractivity (Wildman–Crippen MR) is 84.5 cm³/mol. The molecule has 1 unspecified atom stereocenters. The lowest BCUT2D eigenvalue weighted by molar-refractivity contribution is -0.135. The molecule has 0 aromatic rings. The summed E-state index contributed by atoms with van der Waals surface area (Å²) in [6.45, 7) is 16.5. The van der Waals surface area contributed by atoms with Crippen LogP contribution >= 0.6 is 8.58 Å². The van der Waals surface area contributed by atoms with Gasteiger partial charge >= 0.3 is 0 Å². The molecule has 1 fully saturated rings. The van der Waals surface area contributed by atoms with Crippen LogP contribution in [0.4, 0.5) is 0 Å². The minimum atomic E-state index is -0.104. The SMILES string of the molecule is CC1(COC(C)(C)C(C)(C)C)CC(C)(PCC=O)C1. The smallest absolute Gasteiger partial charge is 0.124 e. The van der Waals surface area contributed by atoms with E-state index in [1.807, 2.05) is 0 Å². The zero-order valence-corrected chi connectivity index (χ0v) is 14.7. The van der Waals surface area contributed by atoms with Crippen molar-refractivity contribution >= 4 is 14.9 Å². The van der Waals surface area contributed by atoms with E-state index in [4.69, 9.17) is 4.74 Å². The van der Waals surface area contributed by atoms with Crippen molar-refractivity contribution in [3.05, 3.63) is 0 Å². The van der Waals surface area contributed by atoms with E-state index in [1.54, 1.807) is 0 Å². The van der Waals surface area contributed by atoms with Crippen molar-refractivity contribution in [1.29, 1.82) is 0 Å². The summed E-state index contributed by atoms with van der Waals surface area (Å²) in [6.07, 6.45) is 4.15. The van der Waals surface area contributed by atoms with Gasteiger partial charge < -0.3 is 9.53 Å². The summed E-state index contributed by atoms with van der Waals surface area (Å²) >= 11 is 0. The minimum Gasteiger partial charge on any atom is -0.374 e. The third-order valence-corrected chi connectivity index (χ3v) is 6.41. The largest absolute Gasteiger partial charge is 0.374 e. The number of aldehydes is 1. The molecule has 1 aliphatic carbocycles. The molecule has 0 aromatic heterocycles. The van der Waals surface area contributed by atoms with Gasteiger partial charge in [-0.1, -0.05) is 34.6 Å². The average Bonchev–Trinajstić information content (AvgIpc) is 2.20. The second kappa shape index (κ2) is 5.45. The Kier molecular flexibility index (Phi) is 4.91. The van der Waals surface area contributed by atoms with Gasteiger partial charge in [0.05, 0.1) is 12.2 Å². The number of carbonyl (C=O) groups is 1. The molecule has 1 rings (SSSR count). The third kappa shape index (κ3) is 4.26. The molecule has 1 aliphatic rings. The van der Waals surface area contributed by atoms with Crippen molar-refractivity contribution in [2.24, 2.45) is 10.8 Å². The Morgan fingerprint density at radius 1 is 1.16 bits per heavy atom. The van der Waals surface area contributed by atoms with Gasteiger partial charge in [-0.25, -0.2) is 0 Å². The van der Waals surface area contributed by atoms with Crippen molar-refractivity contribution < 1.29 is 9.53 Å². The van der Waals surface area contributed by atoms with Crippen LogP contribution in [-0.2, 0) is 9.53 Å². The summed E-state index contributed by atoms with van der Waals surface area (Å²) in [4.78, 5) is 10.5. The average molecular weight is 286 g/mol. The van der Waals surface area contributed by atoms with Gasteiger partial charge in [0, 0.05) is 6.16 Å². The first kappa shape index (κ1) is 17.1. The molecule has 0 amide bonds. The summed E-state index contributed by atoms with van der Waals surface area (Å²) in [5.41, 5.74) is 0.343. The Hall–Kier alpha value is 0.0600. The lowest BCUT2D eigenvalue weighted by Gasteiger charge is -2.54. The van der Waals surface area contributed by atoms with Crippen LogP contribution < -0.4 is 0 Å². The van der Waals surface area contributed by atoms with Gasteiger partial charge in [0.25, 0.3) is 0 Å². The van der Waals surface area contributed by atoms with Gasteiger partial charge in [0.1, 0.15) is 6.29 Å². The molecule has 0 aromatic carbocycles. The molecule has 3 heteroatoms. The maximum Gasteiger partial charge on any atom is 0.124 e. The van der Waals surface area contributed by atoms with Crippen LogP contribution in [0.25, 0.3) is 0 Å². The number of hydrogen-bond donors (Lipinski definition) is 0. The van der Waals surface area contributed by atoms with E-state index in [1.165, 1.54) is 12.8 Å². The standard InChI is InChI=1S/C16H31O2P/c1-13(2,3)14(4,5)18-12-15(6)10-16(7,11-15)19-9-8-17/h8,19H,9-12H2,1-7H3. The maximum absolute atomic E-state index is 10.5. The lowest BCUT2D eigenvalue weighted by atomic mass is 9.63. The molecular weight excluding hydrogens is 255 g/mol. The van der Waals surface area contributed by atoms with Crippen molar-refractivity contribution in [2.75, 3.05) is 12.8 Å². The van der Waals surface area contributed by atoms with Crippen molar-refractivity contribution in [3.8, 4) is 0 Å². The van der Waals surface area contributed by atoms with Gasteiger partial charge in [0.2, 0.25) is 0 Å². The van der Waals surface area contributed by atoms with Gasteiger partial charge in [-0.15, -0.1) is 8.58 Å². The molecule has 0 heterocycles. The van der Waals surface area contributed by atoms with Crippen LogP contribution in [0.15, 0.2) is 0 Å². The number of hydrogen-bond acceptors (Lipinski definition) is 2. The molecule has 0 N–H and O–H groups in total. The first-order valence-electron chi connectivity index (χ1n) is 7.26. The molecule has 1 saturated carbocycles. The Morgan fingerprint density at radius 3 is 2.11 bits per heavy atom. The van der Waals surface area contributed by atoms with Crippen molar-refractivity contribution in [3.63, 3.8) is 0 Å². The molecule has 19 heavy (non-hydrogen) atoms. The molecule has 2 nitrogen and oxygen atoms in total. The molecule has 0 spiro atoms. The van der Waals surface area contributed by atoms with Crippen LogP contribution in [0, 0.1) is 10.8 Å². The molecule has 0 saturated heterocycles. The van der Waals surface area contributed by atoms with Crippen LogP contribution in [-0.4, -0.2) is 29.8 Å². The Bertz CT molecular complexity index is 322. The number of ether oxygens (including phenoxy) is 1. The lowest BCUT2D eigenvalue weighted by Crippen LogP contribution is -2.50. The maximum atomic E-state index is 10.5. The van der Waals surface area contributed by atoms with E-state index in [-0.39, 0.29) is 11.0 Å². The van der Waals surface area contributed by atoms with Crippen molar-refractivity contribution in [2.45, 2.75) is 72.1 Å². The van der Waals surface area contributed by atoms with E-state index in [0.717, 1.165) is 27.6 Å². The topological polar surface area (TPSA) is 26.3 Å². The van der Waals surface area contributed by atoms with E-state index in [9.17, 15) is 4.79 Å². The second-order valence-corrected chi connectivity index (χ2v) is 10.3. The minimum absolute atomic E-state index is 0.104. The molecule has 0 aliphatic heterocycles. The molecule has 1 atom stereocenters. The Labute approximate surface area is 120 Å². The Morgan fingerprint density at radius 2 is 1.68 bits per heavy atom. The molecule has 112 valence electrons. The van der Waals surface area contributed by atoms with E-state index in [0.29, 0.717) is 10.6 Å². The van der Waals surface area contributed by atoms with Crippen LogP contribution in [0.3, 0.4) is 0 Å². The predicted octanol–water partition coefficient (Wildman–Crippen LogP) is 4.26. The summed E-state index contributed by atoms with van der Waals surface area (Å²) in [5, 5.41) is 0.380. The first-order valence-corrected chi connectivity index (χ1v) is 8.47. The fourth-order valence-electron chi connectivity index (χ4n) is 2.92. The Balaban J connectivity index is 2.46. The molecule has 0 bridgehead atoms. The summed E-state index contributed by atoms with van der Waals surface area (Å²) in [5.74, 6) is 0. The molecule has 0 radical (unpaired) electrons. The second-order valence-electron chi connectivity index (χ2n) is 8.32. The summed E-state index contributed by atoms with van der Waals surface area (Å²) < 4.78 is 6.23. The fraction of sp³-hybridized carbons (Fsp3) is 0.938. The summed E-state index contributed by atoms with van der Waals surface area (Å²) in [6, 6.07) is 0. The molecular formula is C16H31O2P. The highest BCUT2D eigenvalue weighted by Crippen LogP contribution is 2.58. The van der Waals surface area contributed by atoms with Crippen LogP contribution in [0.1, 0.15) is 61.3 Å². The van der Waals surface area contributed by atoms with E-state index >= 15 is 0 Å². The monoisotopic (exact) mass is 286 g/mol. The van der Waals surface area contributed by atoms with Gasteiger partial charge in [-0.2, -0.15) is 0 Å². The van der Waals surface area contributed by atoms with Gasteiger partial charge in [-0.05, 0) is 42.7 Å². The normalized spacial score (nSPS) is 32.6. The van der Waals surface area contributed by atoms with E-state index < -0.39 is 0 Å². The first-order chi connectivity index (χ1) is 8.43. The van der Waals surface area contributed by atoms with Gasteiger partial charge in [0.15, 0.2) is 0 Å². The van der Waals surface area contributed by atoms with E-state index in [2.05, 4.69) is 48.5 Å². The zero-order valence-electron chi connectivity index (χ0n) is 13.7. The highest BCUT2D eigenvalue weighted by molar-refractivity contribution is 7.41. The highest BCUT2D eigenvalue weighted by Gasteiger charge is 2.49. The van der Waals surface area contributed by atoms with Crippen molar-refractivity contribution in [1.82, 2.24) is 0 Å². The third-order valence-electron chi connectivity index (χ3n) is 4.83. The van der Waals surface area contributed by atoms with Gasteiger partial charge in [-0.3, -0.25) is 0 Å². The number of rotatable bonds is 6. The fourth-order valence-corrected chi connectivity index (χ4v) is 4.60. The van der Waals surface area contributed by atoms with Crippen LogP contribution in [0.2, 0.25) is 0 Å². The van der Waals surface area contributed by atoms with Crippen LogP contribution in [0.5, 0.6) is 0 Å².